The number of ether oxygens (including phenoxy) is 3. The second-order valence-electron chi connectivity index (χ2n) is 5.31. The molecule has 4 nitrogen and oxygen atoms in total. The van der Waals surface area contributed by atoms with Crippen LogP contribution in [0.5, 0.6) is 11.5 Å². The van der Waals surface area contributed by atoms with Gasteiger partial charge in [0.15, 0.2) is 11.5 Å². The van der Waals surface area contributed by atoms with E-state index in [0.717, 1.165) is 17.9 Å². The molecule has 2 N–H and O–H groups in total. The van der Waals surface area contributed by atoms with Gasteiger partial charge in [0.25, 0.3) is 0 Å². The van der Waals surface area contributed by atoms with Gasteiger partial charge in [0.2, 0.25) is 0 Å². The summed E-state index contributed by atoms with van der Waals surface area (Å²) in [6.07, 6.45) is 0.906. The Labute approximate surface area is 108 Å². The summed E-state index contributed by atoms with van der Waals surface area (Å²) in [7, 11) is 1.63. The molecular weight excluding hydrogens is 230 g/mol. The first kappa shape index (κ1) is 13.2. The Morgan fingerprint density at radius 3 is 2.89 bits per heavy atom. The van der Waals surface area contributed by atoms with Gasteiger partial charge < -0.3 is 19.9 Å². The van der Waals surface area contributed by atoms with Crippen LogP contribution in [0, 0.1) is 0 Å². The van der Waals surface area contributed by atoms with E-state index in [-0.39, 0.29) is 11.6 Å². The summed E-state index contributed by atoms with van der Waals surface area (Å²) in [5.41, 5.74) is 6.88. The molecule has 1 aliphatic heterocycles. The van der Waals surface area contributed by atoms with Crippen LogP contribution in [0.15, 0.2) is 18.2 Å². The van der Waals surface area contributed by atoms with E-state index in [1.54, 1.807) is 7.11 Å². The average Bonchev–Trinajstić information content (AvgIpc) is 2.61. The minimum absolute atomic E-state index is 0.125. The molecule has 1 atom stereocenters. The first-order valence-corrected chi connectivity index (χ1v) is 6.20. The Bertz CT molecular complexity index is 418. The van der Waals surface area contributed by atoms with Crippen LogP contribution < -0.4 is 15.2 Å². The van der Waals surface area contributed by atoms with E-state index in [1.807, 2.05) is 12.1 Å². The summed E-state index contributed by atoms with van der Waals surface area (Å²) < 4.78 is 16.6. The van der Waals surface area contributed by atoms with Crippen molar-refractivity contribution in [2.75, 3.05) is 20.3 Å². The maximum Gasteiger partial charge on any atom is 0.165 e. The third-order valence-electron chi connectivity index (χ3n) is 2.89. The molecule has 1 aliphatic rings. The number of nitrogens with two attached hydrogens (primary N) is 1. The monoisotopic (exact) mass is 251 g/mol. The van der Waals surface area contributed by atoms with Gasteiger partial charge >= 0.3 is 0 Å². The van der Waals surface area contributed by atoms with Crippen LogP contribution in [0.4, 0.5) is 0 Å². The van der Waals surface area contributed by atoms with E-state index in [2.05, 4.69) is 19.9 Å². The van der Waals surface area contributed by atoms with E-state index >= 15 is 0 Å². The predicted octanol–water partition coefficient (Wildman–Crippen LogP) is 1.75. The summed E-state index contributed by atoms with van der Waals surface area (Å²) in [4.78, 5) is 0. The number of fused-ring (bicyclic) bond motifs is 1. The number of benzene rings is 1. The maximum absolute atomic E-state index is 5.92. The van der Waals surface area contributed by atoms with Crippen LogP contribution in [0.2, 0.25) is 0 Å². The van der Waals surface area contributed by atoms with E-state index in [0.29, 0.717) is 13.2 Å². The Morgan fingerprint density at radius 1 is 1.39 bits per heavy atom. The largest absolute Gasteiger partial charge is 0.488 e. The molecule has 0 saturated heterocycles. The first-order valence-electron chi connectivity index (χ1n) is 6.20. The molecule has 0 spiro atoms. The summed E-state index contributed by atoms with van der Waals surface area (Å²) in [5.74, 6) is 1.62. The Hall–Kier alpha value is -1.26. The second kappa shape index (κ2) is 5.16. The Balaban J connectivity index is 2.05. The van der Waals surface area contributed by atoms with Gasteiger partial charge in [-0.2, -0.15) is 0 Å². The molecule has 1 unspecified atom stereocenters. The number of para-hydroxylation sites is 1. The molecule has 0 radical (unpaired) electrons. The summed E-state index contributed by atoms with van der Waals surface area (Å²) in [6, 6.07) is 5.85. The van der Waals surface area contributed by atoms with Crippen molar-refractivity contribution in [3.05, 3.63) is 23.8 Å². The zero-order valence-electron chi connectivity index (χ0n) is 11.2. The van der Waals surface area contributed by atoms with Gasteiger partial charge in [0, 0.05) is 19.1 Å². The highest BCUT2D eigenvalue weighted by atomic mass is 16.5. The SMILES string of the molecule is COCC(N)COc1cccc2c1OC(C)(C)C2. The van der Waals surface area contributed by atoms with Crippen LogP contribution in [0.25, 0.3) is 0 Å². The lowest BCUT2D eigenvalue weighted by Crippen LogP contribution is -2.32. The molecular formula is C14H21NO3. The van der Waals surface area contributed by atoms with Gasteiger partial charge in [0.05, 0.1) is 12.6 Å². The van der Waals surface area contributed by atoms with Crippen LogP contribution in [0.1, 0.15) is 19.4 Å². The van der Waals surface area contributed by atoms with Crippen molar-refractivity contribution in [1.82, 2.24) is 0 Å². The lowest BCUT2D eigenvalue weighted by molar-refractivity contribution is 0.126. The van der Waals surface area contributed by atoms with Gasteiger partial charge in [-0.25, -0.2) is 0 Å². The molecule has 0 fully saturated rings. The third kappa shape index (κ3) is 2.94. The van der Waals surface area contributed by atoms with Gasteiger partial charge in [-0.15, -0.1) is 0 Å². The molecule has 1 heterocycles. The van der Waals surface area contributed by atoms with Gasteiger partial charge in [-0.3, -0.25) is 0 Å². The van der Waals surface area contributed by atoms with Crippen LogP contribution in [-0.2, 0) is 11.2 Å². The fourth-order valence-electron chi connectivity index (χ4n) is 2.16. The number of hydrogen-bond donors (Lipinski definition) is 1. The van der Waals surface area contributed by atoms with Gasteiger partial charge in [-0.05, 0) is 19.9 Å². The molecule has 0 aromatic heterocycles. The molecule has 18 heavy (non-hydrogen) atoms. The standard InChI is InChI=1S/C14H21NO3/c1-14(2)7-10-5-4-6-12(13(10)18-14)17-9-11(15)8-16-3/h4-6,11H,7-9,15H2,1-3H3. The zero-order chi connectivity index (χ0) is 13.2. The van der Waals surface area contributed by atoms with Crippen LogP contribution in [0.3, 0.4) is 0 Å². The molecule has 0 aliphatic carbocycles. The van der Waals surface area contributed by atoms with Crippen molar-refractivity contribution in [1.29, 1.82) is 0 Å². The maximum atomic E-state index is 5.92. The zero-order valence-corrected chi connectivity index (χ0v) is 11.2. The fourth-order valence-corrected chi connectivity index (χ4v) is 2.16. The highest BCUT2D eigenvalue weighted by molar-refractivity contribution is 5.50. The van der Waals surface area contributed by atoms with Crippen molar-refractivity contribution in [3.63, 3.8) is 0 Å². The van der Waals surface area contributed by atoms with E-state index in [1.165, 1.54) is 5.56 Å². The second-order valence-corrected chi connectivity index (χ2v) is 5.31. The molecule has 4 heteroatoms. The topological polar surface area (TPSA) is 53.7 Å². The summed E-state index contributed by atoms with van der Waals surface area (Å²) in [6.45, 7) is 5.07. The quantitative estimate of drug-likeness (QED) is 0.866. The van der Waals surface area contributed by atoms with E-state index < -0.39 is 0 Å². The number of rotatable bonds is 5. The first-order chi connectivity index (χ1) is 8.52. The molecule has 0 bridgehead atoms. The fraction of sp³-hybridized carbons (Fsp3) is 0.571. The molecule has 0 amide bonds. The van der Waals surface area contributed by atoms with Crippen molar-refractivity contribution in [2.24, 2.45) is 5.73 Å². The molecule has 1 aromatic carbocycles. The van der Waals surface area contributed by atoms with Crippen molar-refractivity contribution in [2.45, 2.75) is 31.9 Å². The van der Waals surface area contributed by atoms with E-state index in [9.17, 15) is 0 Å². The highest BCUT2D eigenvalue weighted by Crippen LogP contribution is 2.41. The molecule has 0 saturated carbocycles. The minimum atomic E-state index is -0.156. The highest BCUT2D eigenvalue weighted by Gasteiger charge is 2.32. The van der Waals surface area contributed by atoms with E-state index in [4.69, 9.17) is 19.9 Å². The summed E-state index contributed by atoms with van der Waals surface area (Å²) in [5, 5.41) is 0. The van der Waals surface area contributed by atoms with Crippen molar-refractivity contribution >= 4 is 0 Å². The van der Waals surface area contributed by atoms with Crippen LogP contribution in [-0.4, -0.2) is 32.0 Å². The number of methoxy groups -OCH3 is 1. The van der Waals surface area contributed by atoms with Gasteiger partial charge in [0.1, 0.15) is 12.2 Å². The Kier molecular flexibility index (Phi) is 3.78. The Morgan fingerprint density at radius 2 is 2.17 bits per heavy atom. The van der Waals surface area contributed by atoms with Gasteiger partial charge in [-0.1, -0.05) is 12.1 Å². The molecule has 1 aromatic rings. The lowest BCUT2D eigenvalue weighted by atomic mass is 10.0. The normalized spacial score (nSPS) is 18.0. The van der Waals surface area contributed by atoms with Crippen molar-refractivity contribution in [3.8, 4) is 11.5 Å². The predicted molar refractivity (Wildman–Crippen MR) is 70.2 cm³/mol. The molecule has 2 rings (SSSR count). The smallest absolute Gasteiger partial charge is 0.165 e. The van der Waals surface area contributed by atoms with Crippen LogP contribution >= 0.6 is 0 Å². The van der Waals surface area contributed by atoms with Crippen molar-refractivity contribution < 1.29 is 14.2 Å². The average molecular weight is 251 g/mol. The molecule has 100 valence electrons. The number of hydrogen-bond acceptors (Lipinski definition) is 4. The third-order valence-corrected chi connectivity index (χ3v) is 2.89. The minimum Gasteiger partial charge on any atom is -0.488 e. The lowest BCUT2D eigenvalue weighted by Gasteiger charge is -2.19. The summed E-state index contributed by atoms with van der Waals surface area (Å²) >= 11 is 0.